The van der Waals surface area contributed by atoms with Gasteiger partial charge in [0.2, 0.25) is 0 Å². The van der Waals surface area contributed by atoms with Crippen molar-refractivity contribution >= 4 is 16.8 Å². The van der Waals surface area contributed by atoms with Crippen LogP contribution in [-0.2, 0) is 23.3 Å². The Bertz CT molecular complexity index is 1480. The molecule has 4 heterocycles. The fraction of sp³-hybridized carbons (Fsp3) is 0.222. The number of nitrogens with zero attached hydrogens (tertiary/aromatic N) is 4. The number of carbonyl (C=O) groups excluding carboxylic acids is 1. The number of rotatable bonds is 5. The van der Waals surface area contributed by atoms with Gasteiger partial charge in [-0.25, -0.2) is 4.98 Å². The van der Waals surface area contributed by atoms with Gasteiger partial charge in [-0.05, 0) is 54.4 Å². The molecule has 4 aromatic rings. The molecule has 8 nitrogen and oxygen atoms in total. The van der Waals surface area contributed by atoms with Gasteiger partial charge < -0.3 is 14.8 Å². The van der Waals surface area contributed by atoms with Crippen molar-refractivity contribution in [1.29, 1.82) is 5.26 Å². The lowest BCUT2D eigenvalue weighted by molar-refractivity contribution is 0.0757. The summed E-state index contributed by atoms with van der Waals surface area (Å²) in [6.07, 6.45) is 5.13. The Morgan fingerprint density at radius 3 is 2.91 bits per heavy atom. The second-order valence-corrected chi connectivity index (χ2v) is 8.67. The number of aromatic nitrogens is 3. The molecule has 5 rings (SSSR count). The summed E-state index contributed by atoms with van der Waals surface area (Å²) in [5.74, 6) is 0.429. The Balaban J connectivity index is 1.35. The maximum atomic E-state index is 12.9. The first-order valence-electron chi connectivity index (χ1n) is 11.1. The van der Waals surface area contributed by atoms with Crippen molar-refractivity contribution in [3.05, 3.63) is 83.4 Å². The van der Waals surface area contributed by atoms with Crippen molar-refractivity contribution in [2.24, 2.45) is 0 Å². The van der Waals surface area contributed by atoms with Crippen LogP contribution in [0.2, 0.25) is 0 Å². The van der Waals surface area contributed by atoms with Crippen LogP contribution in [0, 0.1) is 11.3 Å². The SMILES string of the molecule is COc1cncc(-c2ccc3cnc(CNC(=O)c4ccc5c(c4)[C@](C)(C#N)COC5)cc3n2)c1. The molecule has 1 aliphatic rings. The largest absolute Gasteiger partial charge is 0.495 e. The van der Waals surface area contributed by atoms with Crippen LogP contribution >= 0.6 is 0 Å². The molecule has 0 fully saturated rings. The third-order valence-corrected chi connectivity index (χ3v) is 6.17. The van der Waals surface area contributed by atoms with E-state index in [1.54, 1.807) is 37.8 Å². The molecule has 0 bridgehead atoms. The van der Waals surface area contributed by atoms with Crippen molar-refractivity contribution in [2.75, 3.05) is 13.7 Å². The zero-order valence-electron chi connectivity index (χ0n) is 19.4. The molecule has 0 spiro atoms. The maximum absolute atomic E-state index is 12.9. The van der Waals surface area contributed by atoms with E-state index in [0.29, 0.717) is 30.2 Å². The standard InChI is InChI=1S/C27H23N5O3/c1-27(15-28)16-35-14-19-4-3-17(8-23(19)27)26(33)31-12-21-9-25-18(11-30-21)5-6-24(32-25)20-7-22(34-2)13-29-10-20/h3-11,13H,12,14,16H2,1-2H3,(H,31,33)/t27-/m1/s1. The smallest absolute Gasteiger partial charge is 0.251 e. The molecule has 1 N–H and O–H groups in total. The highest BCUT2D eigenvalue weighted by Gasteiger charge is 2.33. The number of methoxy groups -OCH3 is 1. The van der Waals surface area contributed by atoms with Gasteiger partial charge in [-0.2, -0.15) is 5.26 Å². The molecule has 0 radical (unpaired) electrons. The summed E-state index contributed by atoms with van der Waals surface area (Å²) >= 11 is 0. The highest BCUT2D eigenvalue weighted by atomic mass is 16.5. The molecule has 3 aromatic heterocycles. The van der Waals surface area contributed by atoms with Crippen LogP contribution in [0.1, 0.15) is 34.1 Å². The van der Waals surface area contributed by atoms with Crippen molar-refractivity contribution < 1.29 is 14.3 Å². The molecule has 0 unspecified atom stereocenters. The monoisotopic (exact) mass is 465 g/mol. The lowest BCUT2D eigenvalue weighted by Gasteiger charge is -2.30. The molecule has 0 saturated carbocycles. The van der Waals surface area contributed by atoms with Gasteiger partial charge in [-0.15, -0.1) is 0 Å². The highest BCUT2D eigenvalue weighted by molar-refractivity contribution is 5.94. The quantitative estimate of drug-likeness (QED) is 0.475. The Hall–Kier alpha value is -4.35. The van der Waals surface area contributed by atoms with Crippen LogP contribution in [0.25, 0.3) is 22.2 Å². The Morgan fingerprint density at radius 1 is 1.20 bits per heavy atom. The van der Waals surface area contributed by atoms with E-state index >= 15 is 0 Å². The zero-order valence-corrected chi connectivity index (χ0v) is 19.4. The van der Waals surface area contributed by atoms with E-state index in [1.165, 1.54) is 0 Å². The van der Waals surface area contributed by atoms with Crippen molar-refractivity contribution in [2.45, 2.75) is 25.5 Å². The van der Waals surface area contributed by atoms with Gasteiger partial charge in [-0.3, -0.25) is 14.8 Å². The van der Waals surface area contributed by atoms with Crippen LogP contribution in [0.4, 0.5) is 0 Å². The summed E-state index contributed by atoms with van der Waals surface area (Å²) in [6.45, 7) is 2.82. The van der Waals surface area contributed by atoms with Crippen LogP contribution in [0.3, 0.4) is 0 Å². The van der Waals surface area contributed by atoms with Gasteiger partial charge in [0.05, 0.1) is 56.0 Å². The third-order valence-electron chi connectivity index (χ3n) is 6.17. The number of pyridine rings is 3. The summed E-state index contributed by atoms with van der Waals surface area (Å²) in [7, 11) is 1.60. The van der Waals surface area contributed by atoms with Gasteiger partial charge >= 0.3 is 0 Å². The number of nitriles is 1. The number of fused-ring (bicyclic) bond motifs is 2. The number of benzene rings is 1. The molecule has 0 saturated heterocycles. The normalized spacial score (nSPS) is 16.8. The second kappa shape index (κ2) is 9.12. The van der Waals surface area contributed by atoms with Crippen LogP contribution in [0.15, 0.2) is 61.1 Å². The summed E-state index contributed by atoms with van der Waals surface area (Å²) in [5.41, 5.74) is 4.57. The van der Waals surface area contributed by atoms with Crippen molar-refractivity contribution in [1.82, 2.24) is 20.3 Å². The van der Waals surface area contributed by atoms with Gasteiger partial charge in [0, 0.05) is 28.9 Å². The first-order valence-corrected chi connectivity index (χ1v) is 11.1. The minimum atomic E-state index is -0.772. The average molecular weight is 466 g/mol. The Labute approximate surface area is 202 Å². The highest BCUT2D eigenvalue weighted by Crippen LogP contribution is 2.32. The third kappa shape index (κ3) is 4.42. The number of hydrogen-bond acceptors (Lipinski definition) is 7. The van der Waals surface area contributed by atoms with Crippen molar-refractivity contribution in [3.63, 3.8) is 0 Å². The predicted molar refractivity (Wildman–Crippen MR) is 130 cm³/mol. The minimum absolute atomic E-state index is 0.231. The molecular formula is C27H23N5O3. The predicted octanol–water partition coefficient (Wildman–Crippen LogP) is 3.94. The summed E-state index contributed by atoms with van der Waals surface area (Å²) in [6, 6.07) is 15.3. The van der Waals surface area contributed by atoms with Gasteiger partial charge in [0.1, 0.15) is 11.2 Å². The molecule has 174 valence electrons. The van der Waals surface area contributed by atoms with Gasteiger partial charge in [0.25, 0.3) is 5.91 Å². The molecular weight excluding hydrogens is 442 g/mol. The Kier molecular flexibility index (Phi) is 5.85. The maximum Gasteiger partial charge on any atom is 0.251 e. The van der Waals surface area contributed by atoms with E-state index in [9.17, 15) is 10.1 Å². The zero-order chi connectivity index (χ0) is 24.4. The molecule has 8 heteroatoms. The van der Waals surface area contributed by atoms with Crippen molar-refractivity contribution in [3.8, 4) is 23.1 Å². The molecule has 1 aliphatic heterocycles. The van der Waals surface area contributed by atoms with E-state index in [0.717, 1.165) is 33.3 Å². The van der Waals surface area contributed by atoms with Gasteiger partial charge in [0.15, 0.2) is 0 Å². The summed E-state index contributed by atoms with van der Waals surface area (Å²) in [4.78, 5) is 26.3. The lowest BCUT2D eigenvalue weighted by atomic mass is 9.79. The number of amides is 1. The number of ether oxygens (including phenoxy) is 2. The Morgan fingerprint density at radius 2 is 2.09 bits per heavy atom. The molecule has 35 heavy (non-hydrogen) atoms. The van der Waals surface area contributed by atoms with Gasteiger partial charge in [-0.1, -0.05) is 6.07 Å². The molecule has 1 aromatic carbocycles. The summed E-state index contributed by atoms with van der Waals surface area (Å²) in [5, 5.41) is 13.4. The number of carbonyl (C=O) groups is 1. The topological polar surface area (TPSA) is 110 Å². The van der Waals surface area contributed by atoms with E-state index in [4.69, 9.17) is 14.5 Å². The van der Waals surface area contributed by atoms with Crippen LogP contribution in [-0.4, -0.2) is 34.6 Å². The fourth-order valence-corrected chi connectivity index (χ4v) is 4.15. The fourth-order valence-electron chi connectivity index (χ4n) is 4.15. The minimum Gasteiger partial charge on any atom is -0.495 e. The molecule has 1 atom stereocenters. The number of hydrogen-bond donors (Lipinski definition) is 1. The molecule has 1 amide bonds. The number of nitrogens with one attached hydrogen (secondary N) is 1. The van der Waals surface area contributed by atoms with E-state index in [2.05, 4.69) is 21.4 Å². The van der Waals surface area contributed by atoms with E-state index in [1.807, 2.05) is 37.3 Å². The summed E-state index contributed by atoms with van der Waals surface area (Å²) < 4.78 is 10.8. The van der Waals surface area contributed by atoms with E-state index in [-0.39, 0.29) is 12.5 Å². The van der Waals surface area contributed by atoms with Crippen LogP contribution < -0.4 is 10.1 Å². The van der Waals surface area contributed by atoms with Crippen LogP contribution in [0.5, 0.6) is 5.75 Å². The lowest BCUT2D eigenvalue weighted by Crippen LogP contribution is -2.33. The molecule has 0 aliphatic carbocycles. The first kappa shape index (κ1) is 22.4. The second-order valence-electron chi connectivity index (χ2n) is 8.67. The first-order chi connectivity index (χ1) is 17.0. The average Bonchev–Trinajstić information content (AvgIpc) is 2.91. The van der Waals surface area contributed by atoms with E-state index < -0.39 is 5.41 Å².